The first-order valence-corrected chi connectivity index (χ1v) is 10.4. The van der Waals surface area contributed by atoms with Gasteiger partial charge in [-0.2, -0.15) is 0 Å². The molecule has 7 nitrogen and oxygen atoms in total. The minimum atomic E-state index is -4.10. The molecule has 0 aliphatic carbocycles. The van der Waals surface area contributed by atoms with Gasteiger partial charge in [-0.25, -0.2) is 13.2 Å². The summed E-state index contributed by atoms with van der Waals surface area (Å²) in [6, 6.07) is 10.9. The lowest BCUT2D eigenvalue weighted by molar-refractivity contribution is -0.117. The quantitative estimate of drug-likeness (QED) is 0.703. The van der Waals surface area contributed by atoms with E-state index in [1.807, 2.05) is 0 Å². The largest absolute Gasteiger partial charge is 0.465 e. The molecule has 1 amide bonds. The summed E-state index contributed by atoms with van der Waals surface area (Å²) in [7, 11) is -2.91. The third-order valence-electron chi connectivity index (χ3n) is 4.15. The molecule has 1 fully saturated rings. The van der Waals surface area contributed by atoms with Gasteiger partial charge in [0.25, 0.3) is 10.0 Å². The summed E-state index contributed by atoms with van der Waals surface area (Å²) < 4.78 is 33.7. The van der Waals surface area contributed by atoms with E-state index >= 15 is 0 Å². The Bertz CT molecular complexity index is 1010. The van der Waals surface area contributed by atoms with Crippen LogP contribution in [0.3, 0.4) is 0 Å². The third kappa shape index (κ3) is 3.98. The third-order valence-corrected chi connectivity index (χ3v) is 6.07. The van der Waals surface area contributed by atoms with Crippen LogP contribution in [0.1, 0.15) is 23.2 Å². The van der Waals surface area contributed by atoms with Crippen molar-refractivity contribution in [3.8, 4) is 0 Å². The van der Waals surface area contributed by atoms with Crippen LogP contribution in [-0.2, 0) is 19.6 Å². The van der Waals surface area contributed by atoms with Crippen molar-refractivity contribution in [2.45, 2.75) is 17.7 Å². The number of hydrogen-bond donors (Lipinski definition) is 1. The fraction of sp³-hybridized carbons (Fsp3) is 0.222. The first kappa shape index (κ1) is 19.4. The van der Waals surface area contributed by atoms with E-state index in [0.717, 1.165) is 6.42 Å². The predicted molar refractivity (Wildman–Crippen MR) is 104 cm³/mol. The lowest BCUT2D eigenvalue weighted by Gasteiger charge is -2.20. The van der Waals surface area contributed by atoms with E-state index in [1.165, 1.54) is 25.3 Å². The molecule has 1 saturated heterocycles. The molecule has 0 bridgehead atoms. The van der Waals surface area contributed by atoms with Crippen LogP contribution in [0.15, 0.2) is 51.8 Å². The zero-order chi connectivity index (χ0) is 19.6. The molecule has 1 heterocycles. The number of para-hydroxylation sites is 2. The first-order valence-electron chi connectivity index (χ1n) is 8.13. The molecule has 142 valence electrons. The van der Waals surface area contributed by atoms with Gasteiger partial charge < -0.3 is 9.64 Å². The molecule has 0 atom stereocenters. The second kappa shape index (κ2) is 7.69. The molecule has 0 aromatic heterocycles. The summed E-state index contributed by atoms with van der Waals surface area (Å²) in [6.45, 7) is 0.531. The average Bonchev–Trinajstić information content (AvgIpc) is 3.06. The summed E-state index contributed by atoms with van der Waals surface area (Å²) in [5.41, 5.74) is 0.667. The van der Waals surface area contributed by atoms with Gasteiger partial charge in [-0.3, -0.25) is 9.52 Å². The Kier molecular flexibility index (Phi) is 5.52. The number of nitrogens with one attached hydrogen (secondary N) is 1. The average molecular weight is 453 g/mol. The number of methoxy groups -OCH3 is 1. The maximum absolute atomic E-state index is 13.0. The Morgan fingerprint density at radius 3 is 2.63 bits per heavy atom. The van der Waals surface area contributed by atoms with E-state index < -0.39 is 16.0 Å². The van der Waals surface area contributed by atoms with Gasteiger partial charge in [0.1, 0.15) is 4.90 Å². The Hall–Kier alpha value is -2.39. The molecule has 3 rings (SSSR count). The van der Waals surface area contributed by atoms with E-state index in [4.69, 9.17) is 4.74 Å². The number of anilines is 2. The van der Waals surface area contributed by atoms with Crippen molar-refractivity contribution in [1.29, 1.82) is 0 Å². The van der Waals surface area contributed by atoms with Gasteiger partial charge in [-0.15, -0.1) is 0 Å². The van der Waals surface area contributed by atoms with Crippen LogP contribution in [-0.4, -0.2) is 33.9 Å². The lowest BCUT2D eigenvalue weighted by Crippen LogP contribution is -2.26. The first-order chi connectivity index (χ1) is 12.8. The van der Waals surface area contributed by atoms with Crippen LogP contribution in [0.4, 0.5) is 11.4 Å². The van der Waals surface area contributed by atoms with Gasteiger partial charge in [0.05, 0.1) is 24.0 Å². The summed E-state index contributed by atoms with van der Waals surface area (Å²) in [4.78, 5) is 25.4. The minimum absolute atomic E-state index is 0.0551. The molecule has 9 heteroatoms. The highest BCUT2D eigenvalue weighted by molar-refractivity contribution is 9.10. The fourth-order valence-corrected chi connectivity index (χ4v) is 4.52. The molecule has 2 aromatic carbocycles. The zero-order valence-corrected chi connectivity index (χ0v) is 16.8. The molecule has 0 radical (unpaired) electrons. The van der Waals surface area contributed by atoms with Gasteiger partial charge in [-0.05, 0) is 36.8 Å². The number of amides is 1. The van der Waals surface area contributed by atoms with Crippen molar-refractivity contribution < 1.29 is 22.7 Å². The molecule has 0 unspecified atom stereocenters. The van der Waals surface area contributed by atoms with Crippen molar-refractivity contribution in [1.82, 2.24) is 0 Å². The van der Waals surface area contributed by atoms with E-state index in [0.29, 0.717) is 23.1 Å². The van der Waals surface area contributed by atoms with Gasteiger partial charge in [-0.1, -0.05) is 28.1 Å². The highest BCUT2D eigenvalue weighted by Crippen LogP contribution is 2.32. The maximum Gasteiger partial charge on any atom is 0.339 e. The van der Waals surface area contributed by atoms with E-state index in [2.05, 4.69) is 20.7 Å². The number of nitrogens with zero attached hydrogens (tertiary/aromatic N) is 1. The van der Waals surface area contributed by atoms with Gasteiger partial charge in [0.2, 0.25) is 5.91 Å². The summed E-state index contributed by atoms with van der Waals surface area (Å²) in [5.74, 6) is -0.819. The maximum atomic E-state index is 13.0. The summed E-state index contributed by atoms with van der Waals surface area (Å²) >= 11 is 3.22. The summed E-state index contributed by atoms with van der Waals surface area (Å²) in [6.07, 6.45) is 1.15. The number of benzene rings is 2. The summed E-state index contributed by atoms with van der Waals surface area (Å²) in [5, 5.41) is 0. The van der Waals surface area contributed by atoms with Gasteiger partial charge in [0.15, 0.2) is 0 Å². The standard InChI is InChI=1S/C18H17BrN2O5S/c1-26-18(23)13-11-12(19)8-9-16(13)27(24,25)20-14-5-2-3-6-15(14)21-10-4-7-17(21)22/h2-3,5-6,8-9,11,20H,4,7,10H2,1H3. The molecular weight excluding hydrogens is 436 g/mol. The number of sulfonamides is 1. The van der Waals surface area contributed by atoms with Crippen LogP contribution < -0.4 is 9.62 Å². The van der Waals surface area contributed by atoms with Gasteiger partial charge in [0, 0.05) is 17.4 Å². The van der Waals surface area contributed by atoms with Crippen LogP contribution in [0.5, 0.6) is 0 Å². The van der Waals surface area contributed by atoms with Crippen molar-refractivity contribution in [3.05, 3.63) is 52.5 Å². The van der Waals surface area contributed by atoms with Crippen LogP contribution in [0.2, 0.25) is 0 Å². The second-order valence-corrected chi connectivity index (χ2v) is 8.47. The molecule has 0 saturated carbocycles. The van der Waals surface area contributed by atoms with E-state index in [9.17, 15) is 18.0 Å². The van der Waals surface area contributed by atoms with E-state index in [1.54, 1.807) is 29.2 Å². The highest BCUT2D eigenvalue weighted by atomic mass is 79.9. The van der Waals surface area contributed by atoms with Crippen molar-refractivity contribution >= 4 is 49.2 Å². The Labute approximate surface area is 165 Å². The number of carbonyl (C=O) groups excluding carboxylic acids is 2. The van der Waals surface area contributed by atoms with Crippen LogP contribution >= 0.6 is 15.9 Å². The number of halogens is 1. The van der Waals surface area contributed by atoms with Crippen molar-refractivity contribution in [3.63, 3.8) is 0 Å². The minimum Gasteiger partial charge on any atom is -0.465 e. The van der Waals surface area contributed by atoms with E-state index in [-0.39, 0.29) is 22.1 Å². The molecular formula is C18H17BrN2O5S. The molecule has 1 N–H and O–H groups in total. The smallest absolute Gasteiger partial charge is 0.339 e. The fourth-order valence-electron chi connectivity index (χ4n) is 2.90. The number of esters is 1. The monoisotopic (exact) mass is 452 g/mol. The molecule has 1 aliphatic rings. The topological polar surface area (TPSA) is 92.8 Å². The number of ether oxygens (including phenoxy) is 1. The molecule has 1 aliphatic heterocycles. The Balaban J connectivity index is 2.02. The van der Waals surface area contributed by atoms with Crippen molar-refractivity contribution in [2.75, 3.05) is 23.3 Å². The second-order valence-electron chi connectivity index (χ2n) is 5.90. The molecule has 27 heavy (non-hydrogen) atoms. The Morgan fingerprint density at radius 2 is 1.96 bits per heavy atom. The predicted octanol–water partition coefficient (Wildman–Crippen LogP) is 3.16. The zero-order valence-electron chi connectivity index (χ0n) is 14.4. The van der Waals surface area contributed by atoms with Crippen LogP contribution in [0, 0.1) is 0 Å². The SMILES string of the molecule is COC(=O)c1cc(Br)ccc1S(=O)(=O)Nc1ccccc1N1CCCC1=O. The van der Waals surface area contributed by atoms with Crippen molar-refractivity contribution in [2.24, 2.45) is 0 Å². The highest BCUT2D eigenvalue weighted by Gasteiger charge is 2.27. The lowest BCUT2D eigenvalue weighted by atomic mass is 10.2. The normalized spacial score (nSPS) is 14.3. The number of rotatable bonds is 5. The Morgan fingerprint density at radius 1 is 1.22 bits per heavy atom. The van der Waals surface area contributed by atoms with Gasteiger partial charge >= 0.3 is 5.97 Å². The molecule has 2 aromatic rings. The number of carbonyl (C=O) groups is 2. The molecule has 0 spiro atoms. The number of hydrogen-bond acceptors (Lipinski definition) is 5. The van der Waals surface area contributed by atoms with Crippen LogP contribution in [0.25, 0.3) is 0 Å².